The standard InChI is InChI=1S/C4H8O5S.2Na/c1-3(2-4(5)6)10(7,8)9;;/h3H,2H2,1H3,(H,5,6)(H,7,8,9);;/q;2*+1/p-2. The molecular formula is C4H6Na2O5S. The number of carboxylic acids is 1. The molecule has 0 saturated carbocycles. The van der Waals surface area contributed by atoms with Crippen molar-refractivity contribution in [3.8, 4) is 0 Å². The third kappa shape index (κ3) is 9.47. The average Bonchev–Trinajstić information content (AvgIpc) is 1.60. The second kappa shape index (κ2) is 7.75. The molecule has 0 aromatic rings. The minimum atomic E-state index is -4.47. The van der Waals surface area contributed by atoms with Gasteiger partial charge in [-0.2, -0.15) is 0 Å². The topological polar surface area (TPSA) is 97.3 Å². The van der Waals surface area contributed by atoms with E-state index in [1.165, 1.54) is 0 Å². The van der Waals surface area contributed by atoms with Gasteiger partial charge in [-0.15, -0.1) is 0 Å². The third-order valence-electron chi connectivity index (χ3n) is 0.947. The molecule has 0 aromatic carbocycles. The van der Waals surface area contributed by atoms with Gasteiger partial charge < -0.3 is 14.5 Å². The van der Waals surface area contributed by atoms with Crippen LogP contribution in [-0.2, 0) is 14.9 Å². The van der Waals surface area contributed by atoms with Gasteiger partial charge in [0.25, 0.3) is 0 Å². The van der Waals surface area contributed by atoms with Gasteiger partial charge in [0.1, 0.15) is 0 Å². The maximum atomic E-state index is 10.0. The summed E-state index contributed by atoms with van der Waals surface area (Å²) < 4.78 is 30.1. The van der Waals surface area contributed by atoms with Crippen molar-refractivity contribution in [2.45, 2.75) is 18.6 Å². The van der Waals surface area contributed by atoms with E-state index in [4.69, 9.17) is 0 Å². The SMILES string of the molecule is CC(CC(=O)[O-])S(=O)(=O)[O-].[Na+].[Na+]. The molecule has 0 N–H and O–H groups in total. The van der Waals surface area contributed by atoms with Crippen molar-refractivity contribution >= 4 is 16.1 Å². The molecule has 5 nitrogen and oxygen atoms in total. The first kappa shape index (κ1) is 19.0. The van der Waals surface area contributed by atoms with Crippen LogP contribution in [0.25, 0.3) is 0 Å². The normalized spacial score (nSPS) is 12.2. The van der Waals surface area contributed by atoms with E-state index >= 15 is 0 Å². The van der Waals surface area contributed by atoms with E-state index in [0.29, 0.717) is 0 Å². The van der Waals surface area contributed by atoms with E-state index in [2.05, 4.69) is 0 Å². The van der Waals surface area contributed by atoms with E-state index < -0.39 is 27.8 Å². The molecule has 0 spiro atoms. The summed E-state index contributed by atoms with van der Waals surface area (Å²) in [5.41, 5.74) is 0. The fourth-order valence-electron chi connectivity index (χ4n) is 0.337. The summed E-state index contributed by atoms with van der Waals surface area (Å²) in [6, 6.07) is 0. The zero-order chi connectivity index (χ0) is 8.36. The van der Waals surface area contributed by atoms with E-state index in [-0.39, 0.29) is 59.1 Å². The van der Waals surface area contributed by atoms with Gasteiger partial charge in [-0.3, -0.25) is 0 Å². The van der Waals surface area contributed by atoms with Crippen LogP contribution in [0.1, 0.15) is 13.3 Å². The molecule has 0 amide bonds. The van der Waals surface area contributed by atoms with Crippen LogP contribution < -0.4 is 64.2 Å². The Kier molecular flexibility index (Phi) is 12.3. The van der Waals surface area contributed by atoms with Crippen LogP contribution >= 0.6 is 0 Å². The summed E-state index contributed by atoms with van der Waals surface area (Å²) in [5.74, 6) is -1.54. The smallest absolute Gasteiger partial charge is 0.748 e. The summed E-state index contributed by atoms with van der Waals surface area (Å²) in [5, 5.41) is 8.34. The first-order valence-corrected chi connectivity index (χ1v) is 3.95. The van der Waals surface area contributed by atoms with Crippen LogP contribution in [0.2, 0.25) is 0 Å². The summed E-state index contributed by atoms with van der Waals surface area (Å²) in [6.07, 6.45) is -0.744. The number of carbonyl (C=O) groups excluding carboxylic acids is 1. The van der Waals surface area contributed by atoms with E-state index in [1.807, 2.05) is 0 Å². The first-order chi connectivity index (χ1) is 4.34. The van der Waals surface area contributed by atoms with Crippen LogP contribution in [-0.4, -0.2) is 24.2 Å². The van der Waals surface area contributed by atoms with Gasteiger partial charge in [0.2, 0.25) is 0 Å². The maximum absolute atomic E-state index is 10.0. The Morgan fingerprint density at radius 3 is 1.83 bits per heavy atom. The number of rotatable bonds is 3. The van der Waals surface area contributed by atoms with Crippen LogP contribution in [0.4, 0.5) is 0 Å². The number of hydrogen-bond acceptors (Lipinski definition) is 5. The predicted molar refractivity (Wildman–Crippen MR) is 28.8 cm³/mol. The Bertz CT molecular complexity index is 224. The zero-order valence-electron chi connectivity index (χ0n) is 7.23. The maximum Gasteiger partial charge on any atom is 1.00 e. The fraction of sp³-hybridized carbons (Fsp3) is 0.750. The molecule has 0 bridgehead atoms. The Balaban J connectivity index is -0.000000405. The molecule has 0 aliphatic carbocycles. The zero-order valence-corrected chi connectivity index (χ0v) is 12.1. The number of carboxylic acid groups (broad SMARTS) is 1. The van der Waals surface area contributed by atoms with Crippen molar-refractivity contribution in [3.63, 3.8) is 0 Å². The molecule has 0 radical (unpaired) electrons. The number of aliphatic carboxylic acids is 1. The average molecular weight is 212 g/mol. The Hall–Kier alpha value is 1.38. The summed E-state index contributed by atoms with van der Waals surface area (Å²) in [4.78, 5) is 9.74. The van der Waals surface area contributed by atoms with Crippen LogP contribution in [0.15, 0.2) is 0 Å². The van der Waals surface area contributed by atoms with Crippen molar-refractivity contribution in [2.24, 2.45) is 0 Å². The van der Waals surface area contributed by atoms with Gasteiger partial charge >= 0.3 is 59.1 Å². The molecule has 0 rings (SSSR count). The monoisotopic (exact) mass is 212 g/mol. The van der Waals surface area contributed by atoms with Crippen molar-refractivity contribution in [1.29, 1.82) is 0 Å². The van der Waals surface area contributed by atoms with Crippen molar-refractivity contribution in [1.82, 2.24) is 0 Å². The largest absolute Gasteiger partial charge is 1.00 e. The third-order valence-corrected chi connectivity index (χ3v) is 2.10. The molecule has 0 aliphatic heterocycles. The molecule has 0 aliphatic rings. The first-order valence-electron chi connectivity index (χ1n) is 2.48. The summed E-state index contributed by atoms with van der Waals surface area (Å²) in [6.45, 7) is 1.03. The minimum Gasteiger partial charge on any atom is -0.748 e. The second-order valence-electron chi connectivity index (χ2n) is 1.88. The van der Waals surface area contributed by atoms with Gasteiger partial charge in [0, 0.05) is 12.4 Å². The van der Waals surface area contributed by atoms with Crippen molar-refractivity contribution in [3.05, 3.63) is 0 Å². The van der Waals surface area contributed by atoms with Crippen LogP contribution in [0, 0.1) is 0 Å². The molecule has 1 unspecified atom stereocenters. The van der Waals surface area contributed by atoms with Crippen LogP contribution in [0.3, 0.4) is 0 Å². The second-order valence-corrected chi connectivity index (χ2v) is 3.67. The molecule has 0 fully saturated rings. The van der Waals surface area contributed by atoms with E-state index in [0.717, 1.165) is 6.92 Å². The quantitative estimate of drug-likeness (QED) is 0.342. The van der Waals surface area contributed by atoms with Crippen molar-refractivity contribution in [2.75, 3.05) is 0 Å². The van der Waals surface area contributed by atoms with Crippen molar-refractivity contribution < 1.29 is 82.0 Å². The van der Waals surface area contributed by atoms with E-state index in [9.17, 15) is 22.9 Å². The molecule has 0 heterocycles. The molecular weight excluding hydrogens is 206 g/mol. The Morgan fingerprint density at radius 1 is 1.42 bits per heavy atom. The number of hydrogen-bond donors (Lipinski definition) is 0. The van der Waals surface area contributed by atoms with Gasteiger partial charge in [-0.05, 0) is 6.92 Å². The Morgan fingerprint density at radius 2 is 1.75 bits per heavy atom. The minimum absolute atomic E-state index is 0. The predicted octanol–water partition coefficient (Wildman–Crippen LogP) is -7.93. The van der Waals surface area contributed by atoms with Gasteiger partial charge in [0.15, 0.2) is 0 Å². The Labute approximate surface area is 115 Å². The van der Waals surface area contributed by atoms with Crippen LogP contribution in [0.5, 0.6) is 0 Å². The summed E-state index contributed by atoms with van der Waals surface area (Å²) >= 11 is 0. The number of carbonyl (C=O) groups is 1. The van der Waals surface area contributed by atoms with E-state index in [1.54, 1.807) is 0 Å². The van der Waals surface area contributed by atoms with Gasteiger partial charge in [0.05, 0.1) is 15.4 Å². The molecule has 0 aromatic heterocycles. The summed E-state index contributed by atoms with van der Waals surface area (Å²) in [7, 11) is -4.47. The molecule has 12 heavy (non-hydrogen) atoms. The van der Waals surface area contributed by atoms with Gasteiger partial charge in [-0.1, -0.05) is 0 Å². The molecule has 60 valence electrons. The fourth-order valence-corrected chi connectivity index (χ4v) is 0.677. The molecule has 8 heteroatoms. The van der Waals surface area contributed by atoms with Gasteiger partial charge in [-0.25, -0.2) is 8.42 Å². The molecule has 0 saturated heterocycles. The molecule has 1 atom stereocenters.